The van der Waals surface area contributed by atoms with Gasteiger partial charge in [0.1, 0.15) is 6.10 Å². The molecule has 4 rings (SSSR count). The first-order valence-corrected chi connectivity index (χ1v) is 9.28. The van der Waals surface area contributed by atoms with Crippen LogP contribution in [-0.2, 0) is 11.3 Å². The molecule has 3 aliphatic rings. The minimum atomic E-state index is 0.120. The van der Waals surface area contributed by atoms with Gasteiger partial charge in [-0.2, -0.15) is 0 Å². The molecule has 2 saturated heterocycles. The second-order valence-corrected chi connectivity index (χ2v) is 7.16. The lowest BCUT2D eigenvalue weighted by molar-refractivity contribution is 0.0915. The van der Waals surface area contributed by atoms with Crippen LogP contribution in [0.5, 0.6) is 0 Å². The van der Waals surface area contributed by atoms with Crippen LogP contribution in [0.3, 0.4) is 0 Å². The molecular weight excluding hydrogens is 288 g/mol. The molecule has 2 aliphatic heterocycles. The highest BCUT2D eigenvalue weighted by molar-refractivity contribution is 5.05. The van der Waals surface area contributed by atoms with Gasteiger partial charge in [0.05, 0.1) is 5.69 Å². The quantitative estimate of drug-likeness (QED) is 0.853. The molecule has 1 unspecified atom stereocenters. The molecule has 0 N–H and O–H groups in total. The third-order valence-electron chi connectivity index (χ3n) is 5.58. The van der Waals surface area contributed by atoms with E-state index in [1.807, 2.05) is 6.20 Å². The molecule has 1 saturated carbocycles. The molecule has 0 bridgehead atoms. The van der Waals surface area contributed by atoms with Crippen molar-refractivity contribution in [2.75, 3.05) is 32.8 Å². The van der Waals surface area contributed by atoms with Gasteiger partial charge >= 0.3 is 0 Å². The molecule has 3 fully saturated rings. The van der Waals surface area contributed by atoms with Gasteiger partial charge in [0.2, 0.25) is 0 Å². The number of hydrogen-bond donors (Lipinski definition) is 0. The second-order valence-electron chi connectivity index (χ2n) is 7.16. The normalized spacial score (nSPS) is 27.7. The van der Waals surface area contributed by atoms with Crippen LogP contribution in [0, 0.1) is 0 Å². The molecule has 1 aromatic rings. The summed E-state index contributed by atoms with van der Waals surface area (Å²) in [5.41, 5.74) is 1.14. The maximum atomic E-state index is 5.71. The molecule has 3 heterocycles. The van der Waals surface area contributed by atoms with Crippen molar-refractivity contribution in [3.63, 3.8) is 0 Å². The summed E-state index contributed by atoms with van der Waals surface area (Å²) in [6.07, 6.45) is 9.89. The van der Waals surface area contributed by atoms with Gasteiger partial charge in [-0.1, -0.05) is 12.8 Å². The predicted octanol–water partition coefficient (Wildman–Crippen LogP) is 2.39. The Morgan fingerprint density at radius 1 is 1.04 bits per heavy atom. The van der Waals surface area contributed by atoms with Crippen LogP contribution in [0.15, 0.2) is 12.3 Å². The minimum absolute atomic E-state index is 0.120. The average molecular weight is 316 g/mol. The number of ether oxygens (including phenoxy) is 1. The van der Waals surface area contributed by atoms with Crippen LogP contribution in [-0.4, -0.2) is 58.6 Å². The van der Waals surface area contributed by atoms with Crippen molar-refractivity contribution >= 4 is 0 Å². The fraction of sp³-hybridized carbons (Fsp3) is 0.778. The van der Waals surface area contributed by atoms with E-state index in [1.165, 1.54) is 38.8 Å². The summed E-state index contributed by atoms with van der Waals surface area (Å²) in [6.45, 7) is 6.55. The van der Waals surface area contributed by atoms with E-state index in [0.717, 1.165) is 56.6 Å². The Labute approximate surface area is 139 Å². The molecule has 0 radical (unpaired) electrons. The van der Waals surface area contributed by atoms with E-state index in [0.29, 0.717) is 0 Å². The predicted molar refractivity (Wildman–Crippen MR) is 89.1 cm³/mol. The zero-order chi connectivity index (χ0) is 15.5. The van der Waals surface area contributed by atoms with Gasteiger partial charge in [-0.05, 0) is 31.7 Å². The topological polar surface area (TPSA) is 41.5 Å². The molecule has 5 nitrogen and oxygen atoms in total. The lowest BCUT2D eigenvalue weighted by atomic mass is 10.1. The van der Waals surface area contributed by atoms with E-state index >= 15 is 0 Å². The van der Waals surface area contributed by atoms with Crippen molar-refractivity contribution in [2.24, 2.45) is 0 Å². The largest absolute Gasteiger partial charge is 0.370 e. The number of piperazine rings is 1. The smallest absolute Gasteiger partial charge is 0.157 e. The van der Waals surface area contributed by atoms with Gasteiger partial charge in [-0.3, -0.25) is 9.80 Å². The maximum Gasteiger partial charge on any atom is 0.157 e. The Bertz CT molecular complexity index is 503. The van der Waals surface area contributed by atoms with Crippen molar-refractivity contribution in [3.05, 3.63) is 23.8 Å². The van der Waals surface area contributed by atoms with E-state index < -0.39 is 0 Å². The van der Waals surface area contributed by atoms with E-state index in [9.17, 15) is 0 Å². The van der Waals surface area contributed by atoms with Gasteiger partial charge in [0.15, 0.2) is 5.82 Å². The van der Waals surface area contributed by atoms with E-state index in [-0.39, 0.29) is 6.10 Å². The van der Waals surface area contributed by atoms with Crippen LogP contribution in [0.4, 0.5) is 0 Å². The standard InChI is InChI=1S/C18H28N4O/c1-2-5-16(4-1)22-11-9-21(10-12-22)14-15-7-8-19-18(20-15)17-6-3-13-23-17/h7-8,16-17H,1-6,9-14H2. The van der Waals surface area contributed by atoms with Crippen LogP contribution >= 0.6 is 0 Å². The molecular formula is C18H28N4O. The van der Waals surface area contributed by atoms with E-state index in [2.05, 4.69) is 20.9 Å². The highest BCUT2D eigenvalue weighted by Crippen LogP contribution is 2.26. The average Bonchev–Trinajstić information content (AvgIpc) is 3.30. The van der Waals surface area contributed by atoms with Crippen LogP contribution < -0.4 is 0 Å². The van der Waals surface area contributed by atoms with Gasteiger partial charge in [0, 0.05) is 51.6 Å². The third kappa shape index (κ3) is 3.73. The molecule has 0 aromatic carbocycles. The van der Waals surface area contributed by atoms with Gasteiger partial charge in [0.25, 0.3) is 0 Å². The summed E-state index contributed by atoms with van der Waals surface area (Å²) in [7, 11) is 0. The lowest BCUT2D eigenvalue weighted by Gasteiger charge is -2.37. The van der Waals surface area contributed by atoms with Crippen molar-refractivity contribution in [3.8, 4) is 0 Å². The van der Waals surface area contributed by atoms with Crippen LogP contribution in [0.2, 0.25) is 0 Å². The molecule has 126 valence electrons. The zero-order valence-electron chi connectivity index (χ0n) is 14.0. The summed E-state index contributed by atoms with van der Waals surface area (Å²) in [5, 5.41) is 0. The van der Waals surface area contributed by atoms with Crippen molar-refractivity contribution < 1.29 is 4.74 Å². The van der Waals surface area contributed by atoms with Crippen molar-refractivity contribution in [1.29, 1.82) is 0 Å². The summed E-state index contributed by atoms with van der Waals surface area (Å²) in [5.74, 6) is 0.879. The molecule has 23 heavy (non-hydrogen) atoms. The Kier molecular flexibility index (Phi) is 4.88. The van der Waals surface area contributed by atoms with Gasteiger partial charge in [-0.15, -0.1) is 0 Å². The number of rotatable bonds is 4. The molecule has 0 amide bonds. The third-order valence-corrected chi connectivity index (χ3v) is 5.58. The molecule has 5 heteroatoms. The second kappa shape index (κ2) is 7.24. The first-order valence-electron chi connectivity index (χ1n) is 9.28. The number of nitrogens with zero attached hydrogens (tertiary/aromatic N) is 4. The Morgan fingerprint density at radius 2 is 1.87 bits per heavy atom. The van der Waals surface area contributed by atoms with Crippen molar-refractivity contribution in [1.82, 2.24) is 19.8 Å². The molecule has 0 spiro atoms. The number of hydrogen-bond acceptors (Lipinski definition) is 5. The van der Waals surface area contributed by atoms with E-state index in [1.54, 1.807) is 0 Å². The van der Waals surface area contributed by atoms with Crippen LogP contribution in [0.25, 0.3) is 0 Å². The first-order chi connectivity index (χ1) is 11.4. The monoisotopic (exact) mass is 316 g/mol. The maximum absolute atomic E-state index is 5.71. The zero-order valence-corrected chi connectivity index (χ0v) is 14.0. The Balaban J connectivity index is 1.31. The fourth-order valence-electron chi connectivity index (χ4n) is 4.22. The first kappa shape index (κ1) is 15.5. The minimum Gasteiger partial charge on any atom is -0.370 e. The fourth-order valence-corrected chi connectivity index (χ4v) is 4.22. The SMILES string of the molecule is c1cc(CN2CCN(C3CCCC3)CC2)nc(C2CCCO2)n1. The summed E-state index contributed by atoms with van der Waals surface area (Å²) >= 11 is 0. The highest BCUT2D eigenvalue weighted by atomic mass is 16.5. The van der Waals surface area contributed by atoms with Gasteiger partial charge in [-0.25, -0.2) is 9.97 Å². The Hall–Kier alpha value is -1.04. The molecule has 1 atom stereocenters. The van der Waals surface area contributed by atoms with Crippen LogP contribution in [0.1, 0.15) is 56.1 Å². The van der Waals surface area contributed by atoms with Crippen molar-refractivity contribution in [2.45, 2.75) is 57.2 Å². The number of aromatic nitrogens is 2. The highest BCUT2D eigenvalue weighted by Gasteiger charge is 2.26. The summed E-state index contributed by atoms with van der Waals surface area (Å²) in [6, 6.07) is 2.92. The summed E-state index contributed by atoms with van der Waals surface area (Å²) in [4.78, 5) is 14.4. The summed E-state index contributed by atoms with van der Waals surface area (Å²) < 4.78 is 5.71. The molecule has 1 aliphatic carbocycles. The Morgan fingerprint density at radius 3 is 2.61 bits per heavy atom. The molecule has 1 aromatic heterocycles. The van der Waals surface area contributed by atoms with Gasteiger partial charge < -0.3 is 4.74 Å². The van der Waals surface area contributed by atoms with E-state index in [4.69, 9.17) is 9.72 Å². The lowest BCUT2D eigenvalue weighted by Crippen LogP contribution is -2.49.